The highest BCUT2D eigenvalue weighted by Crippen LogP contribution is 2.36. The first-order valence-corrected chi connectivity index (χ1v) is 10.9. The van der Waals surface area contributed by atoms with Crippen molar-refractivity contribution in [2.45, 2.75) is 64.6 Å². The minimum Gasteiger partial charge on any atom is -0.481 e. The van der Waals surface area contributed by atoms with Crippen molar-refractivity contribution in [3.05, 3.63) is 41.6 Å². The summed E-state index contributed by atoms with van der Waals surface area (Å²) in [6.07, 6.45) is -1.03. The third-order valence-corrected chi connectivity index (χ3v) is 6.31. The van der Waals surface area contributed by atoms with Crippen molar-refractivity contribution in [2.75, 3.05) is 18.4 Å². The van der Waals surface area contributed by atoms with E-state index in [0.29, 0.717) is 31.1 Å². The lowest BCUT2D eigenvalue weighted by Gasteiger charge is -2.41. The van der Waals surface area contributed by atoms with E-state index in [9.17, 15) is 13.6 Å². The summed E-state index contributed by atoms with van der Waals surface area (Å²) >= 11 is 0. The Balaban J connectivity index is 1.42. The zero-order valence-electron chi connectivity index (χ0n) is 18.2. The number of alkyl halides is 2. The number of anilines is 1. The highest BCUT2D eigenvalue weighted by atomic mass is 19.3. The van der Waals surface area contributed by atoms with E-state index in [0.717, 1.165) is 24.1 Å². The van der Waals surface area contributed by atoms with E-state index in [1.165, 1.54) is 4.68 Å². The highest BCUT2D eigenvalue weighted by Gasteiger charge is 2.39. The number of likely N-dealkylation sites (tertiary alicyclic amines) is 1. The second-order valence-electron chi connectivity index (χ2n) is 8.76. The lowest BCUT2D eigenvalue weighted by molar-refractivity contribution is -0.140. The van der Waals surface area contributed by atoms with Crippen LogP contribution in [0.25, 0.3) is 0 Å². The number of fused-ring (bicyclic) bond motifs is 1. The Hall–Kier alpha value is -2.64. The van der Waals surface area contributed by atoms with Crippen LogP contribution in [0.5, 0.6) is 5.75 Å². The highest BCUT2D eigenvalue weighted by molar-refractivity contribution is 5.81. The predicted molar refractivity (Wildman–Crippen MR) is 115 cm³/mol. The Morgan fingerprint density at radius 1 is 1.26 bits per heavy atom. The molecular weight excluding hydrogens is 402 g/mol. The molecule has 2 aliphatic heterocycles. The molecule has 0 aliphatic carbocycles. The monoisotopic (exact) mass is 432 g/mol. The SMILES string of the molecule is Cc1ccc(O[C@@H](C)C(=O)N2CCC[C@@H]([C@@H]3C[C@H](C(F)F)n4nc(C)cc4N3)C2)cc1. The molecule has 1 aromatic carbocycles. The summed E-state index contributed by atoms with van der Waals surface area (Å²) in [5.74, 6) is 1.35. The number of benzene rings is 1. The molecule has 1 amide bonds. The van der Waals surface area contributed by atoms with Crippen molar-refractivity contribution < 1.29 is 18.3 Å². The number of carbonyl (C=O) groups is 1. The van der Waals surface area contributed by atoms with Gasteiger partial charge in [-0.05, 0) is 58.1 Å². The van der Waals surface area contributed by atoms with E-state index in [2.05, 4.69) is 10.4 Å². The van der Waals surface area contributed by atoms with Gasteiger partial charge in [0.1, 0.15) is 17.6 Å². The Bertz CT molecular complexity index is 915. The summed E-state index contributed by atoms with van der Waals surface area (Å²) in [4.78, 5) is 14.8. The molecule has 4 atom stereocenters. The van der Waals surface area contributed by atoms with Crippen LogP contribution < -0.4 is 10.1 Å². The van der Waals surface area contributed by atoms with Crippen molar-refractivity contribution in [3.63, 3.8) is 0 Å². The van der Waals surface area contributed by atoms with Gasteiger partial charge in [0.05, 0.1) is 5.69 Å². The maximum absolute atomic E-state index is 13.7. The van der Waals surface area contributed by atoms with Crippen molar-refractivity contribution in [3.8, 4) is 5.75 Å². The zero-order chi connectivity index (χ0) is 22.1. The summed E-state index contributed by atoms with van der Waals surface area (Å²) in [5, 5.41) is 7.64. The van der Waals surface area contributed by atoms with Crippen molar-refractivity contribution in [1.82, 2.24) is 14.7 Å². The normalized spacial score (nSPS) is 24.5. The van der Waals surface area contributed by atoms with Crippen LogP contribution in [0.3, 0.4) is 0 Å². The van der Waals surface area contributed by atoms with Gasteiger partial charge < -0.3 is 15.0 Å². The number of rotatable bonds is 5. The molecule has 31 heavy (non-hydrogen) atoms. The number of aromatic nitrogens is 2. The maximum atomic E-state index is 13.7. The number of hydrogen-bond acceptors (Lipinski definition) is 4. The third-order valence-electron chi connectivity index (χ3n) is 6.31. The van der Waals surface area contributed by atoms with Gasteiger partial charge in [0.2, 0.25) is 0 Å². The summed E-state index contributed by atoms with van der Waals surface area (Å²) in [5.41, 5.74) is 1.85. The Kier molecular flexibility index (Phi) is 6.16. The summed E-state index contributed by atoms with van der Waals surface area (Å²) in [7, 11) is 0. The fourth-order valence-electron chi connectivity index (χ4n) is 4.67. The molecule has 1 fully saturated rings. The number of nitrogens with one attached hydrogen (secondary N) is 1. The standard InChI is InChI=1S/C23H30F2N4O2/c1-14-6-8-18(9-7-14)31-16(3)23(30)28-10-4-5-17(13-28)19-12-20(22(24)25)29-21(26-19)11-15(2)27-29/h6-9,11,16-17,19-20,22,26H,4-5,10,12-13H2,1-3H3/t16-,17+,19-,20+/m0/s1. The van der Waals surface area contributed by atoms with E-state index in [1.54, 1.807) is 13.8 Å². The van der Waals surface area contributed by atoms with Gasteiger partial charge in [0.25, 0.3) is 12.3 Å². The van der Waals surface area contributed by atoms with Gasteiger partial charge in [0, 0.05) is 25.2 Å². The van der Waals surface area contributed by atoms with E-state index in [-0.39, 0.29) is 17.9 Å². The number of amides is 1. The molecule has 168 valence electrons. The van der Waals surface area contributed by atoms with Gasteiger partial charge in [-0.2, -0.15) is 5.10 Å². The van der Waals surface area contributed by atoms with Crippen LogP contribution in [0.4, 0.5) is 14.6 Å². The lowest BCUT2D eigenvalue weighted by atomic mass is 9.86. The second kappa shape index (κ2) is 8.85. The predicted octanol–water partition coefficient (Wildman–Crippen LogP) is 4.20. The van der Waals surface area contributed by atoms with Gasteiger partial charge >= 0.3 is 0 Å². The van der Waals surface area contributed by atoms with Crippen molar-refractivity contribution in [1.29, 1.82) is 0 Å². The van der Waals surface area contributed by atoms with Crippen LogP contribution in [-0.2, 0) is 4.79 Å². The minimum absolute atomic E-state index is 0.0626. The minimum atomic E-state index is -2.48. The van der Waals surface area contributed by atoms with Crippen LogP contribution in [0.15, 0.2) is 30.3 Å². The zero-order valence-corrected chi connectivity index (χ0v) is 18.2. The Morgan fingerprint density at radius 3 is 2.71 bits per heavy atom. The maximum Gasteiger partial charge on any atom is 0.263 e. The van der Waals surface area contributed by atoms with E-state index in [4.69, 9.17) is 4.74 Å². The number of hydrogen-bond donors (Lipinski definition) is 1. The molecule has 6 nitrogen and oxygen atoms in total. The first kappa shape index (κ1) is 21.6. The van der Waals surface area contributed by atoms with E-state index >= 15 is 0 Å². The first-order chi connectivity index (χ1) is 14.8. The molecule has 0 bridgehead atoms. The smallest absolute Gasteiger partial charge is 0.263 e. The molecule has 3 heterocycles. The van der Waals surface area contributed by atoms with Crippen LogP contribution in [-0.4, -0.2) is 52.2 Å². The van der Waals surface area contributed by atoms with Crippen LogP contribution in [0.1, 0.15) is 43.5 Å². The molecule has 2 aliphatic rings. The average Bonchev–Trinajstić information content (AvgIpc) is 3.14. The van der Waals surface area contributed by atoms with E-state index in [1.807, 2.05) is 42.2 Å². The van der Waals surface area contributed by atoms with E-state index < -0.39 is 18.6 Å². The molecule has 0 unspecified atom stereocenters. The lowest BCUT2D eigenvalue weighted by Crippen LogP contribution is -2.50. The van der Waals surface area contributed by atoms with Crippen molar-refractivity contribution >= 4 is 11.7 Å². The number of ether oxygens (including phenoxy) is 1. The number of aryl methyl sites for hydroxylation is 2. The quantitative estimate of drug-likeness (QED) is 0.770. The van der Waals surface area contributed by atoms with Crippen molar-refractivity contribution in [2.24, 2.45) is 5.92 Å². The average molecular weight is 433 g/mol. The number of halogens is 2. The fourth-order valence-corrected chi connectivity index (χ4v) is 4.67. The van der Waals surface area contributed by atoms with Gasteiger partial charge in [-0.25, -0.2) is 13.5 Å². The van der Waals surface area contributed by atoms with Crippen LogP contribution in [0.2, 0.25) is 0 Å². The largest absolute Gasteiger partial charge is 0.481 e. The number of piperidine rings is 1. The molecule has 0 saturated carbocycles. The molecule has 0 radical (unpaired) electrons. The van der Waals surface area contributed by atoms with Gasteiger partial charge in [-0.15, -0.1) is 0 Å². The Morgan fingerprint density at radius 2 is 2.00 bits per heavy atom. The molecule has 4 rings (SSSR count). The molecular formula is C23H30F2N4O2. The molecule has 2 aromatic rings. The van der Waals surface area contributed by atoms with Gasteiger partial charge in [-0.1, -0.05) is 17.7 Å². The molecule has 1 aromatic heterocycles. The molecule has 1 N–H and O–H groups in total. The molecule has 0 spiro atoms. The topological polar surface area (TPSA) is 59.4 Å². The summed E-state index contributed by atoms with van der Waals surface area (Å²) in [6.45, 7) is 6.78. The Labute approximate surface area is 181 Å². The van der Waals surface area contributed by atoms with Crippen LogP contribution >= 0.6 is 0 Å². The fraction of sp³-hybridized carbons (Fsp3) is 0.565. The molecule has 8 heteroatoms. The second-order valence-corrected chi connectivity index (χ2v) is 8.76. The number of carbonyl (C=O) groups excluding carboxylic acids is 1. The summed E-state index contributed by atoms with van der Waals surface area (Å²) < 4.78 is 34.7. The van der Waals surface area contributed by atoms with Crippen LogP contribution in [0, 0.1) is 19.8 Å². The number of nitrogens with zero attached hydrogens (tertiary/aromatic N) is 3. The van der Waals surface area contributed by atoms with Gasteiger partial charge in [0.15, 0.2) is 6.10 Å². The first-order valence-electron chi connectivity index (χ1n) is 10.9. The molecule has 1 saturated heterocycles. The summed E-state index contributed by atoms with van der Waals surface area (Å²) in [6, 6.07) is 8.37. The third kappa shape index (κ3) is 4.67. The van der Waals surface area contributed by atoms with Gasteiger partial charge in [-0.3, -0.25) is 4.79 Å².